The van der Waals surface area contributed by atoms with E-state index in [0.717, 1.165) is 6.42 Å². The number of rotatable bonds is 3. The first-order valence-electron chi connectivity index (χ1n) is 4.64. The smallest absolute Gasteiger partial charge is 0.326 e. The maximum atomic E-state index is 11.6. The molecule has 0 saturated carbocycles. The van der Waals surface area contributed by atoms with Crippen LogP contribution in [-0.4, -0.2) is 47.7 Å². The molecular weight excluding hydrogens is 186 g/mol. The molecule has 5 heteroatoms. The normalized spacial score (nSPS) is 23.6. The molecule has 0 spiro atoms. The molecule has 14 heavy (non-hydrogen) atoms. The Labute approximate surface area is 82.6 Å². The van der Waals surface area contributed by atoms with E-state index in [1.54, 1.807) is 6.92 Å². The van der Waals surface area contributed by atoms with Gasteiger partial charge < -0.3 is 14.7 Å². The number of amides is 1. The number of aliphatic carboxylic acids is 1. The van der Waals surface area contributed by atoms with Crippen molar-refractivity contribution in [2.45, 2.75) is 31.9 Å². The summed E-state index contributed by atoms with van der Waals surface area (Å²) in [6.07, 6.45) is 0.728. The number of ether oxygens (including phenoxy) is 1. The third-order valence-electron chi connectivity index (χ3n) is 2.52. The first kappa shape index (κ1) is 11.0. The third-order valence-corrected chi connectivity index (χ3v) is 2.52. The summed E-state index contributed by atoms with van der Waals surface area (Å²) in [5.41, 5.74) is 0. The average Bonchev–Trinajstić information content (AvgIpc) is 2.63. The van der Waals surface area contributed by atoms with Gasteiger partial charge in [-0.15, -0.1) is 0 Å². The molecule has 0 bridgehead atoms. The first-order chi connectivity index (χ1) is 6.57. The van der Waals surface area contributed by atoms with Crippen molar-refractivity contribution in [2.24, 2.45) is 0 Å². The maximum absolute atomic E-state index is 11.6. The van der Waals surface area contributed by atoms with Gasteiger partial charge in [0.25, 0.3) is 5.91 Å². The van der Waals surface area contributed by atoms with Crippen LogP contribution in [0.1, 0.15) is 19.8 Å². The van der Waals surface area contributed by atoms with Gasteiger partial charge in [-0.3, -0.25) is 4.79 Å². The Morgan fingerprint density at radius 2 is 2.21 bits per heavy atom. The van der Waals surface area contributed by atoms with Gasteiger partial charge in [-0.1, -0.05) is 0 Å². The monoisotopic (exact) mass is 201 g/mol. The zero-order valence-electron chi connectivity index (χ0n) is 8.40. The van der Waals surface area contributed by atoms with Gasteiger partial charge in [0.15, 0.2) is 0 Å². The van der Waals surface area contributed by atoms with E-state index in [1.807, 2.05) is 0 Å². The number of hydrogen-bond acceptors (Lipinski definition) is 3. The zero-order chi connectivity index (χ0) is 10.7. The first-order valence-corrected chi connectivity index (χ1v) is 4.64. The Balaban J connectivity index is 2.67. The van der Waals surface area contributed by atoms with E-state index in [1.165, 1.54) is 12.0 Å². The van der Waals surface area contributed by atoms with Gasteiger partial charge in [-0.25, -0.2) is 4.79 Å². The lowest BCUT2D eigenvalue weighted by Crippen LogP contribution is -2.45. The Bertz CT molecular complexity index is 241. The van der Waals surface area contributed by atoms with Gasteiger partial charge in [0.05, 0.1) is 0 Å². The minimum atomic E-state index is -0.931. The number of carboxylic acid groups (broad SMARTS) is 1. The fraction of sp³-hybridized carbons (Fsp3) is 0.778. The van der Waals surface area contributed by atoms with Crippen molar-refractivity contribution in [3.8, 4) is 0 Å². The Morgan fingerprint density at radius 1 is 1.57 bits per heavy atom. The molecule has 5 nitrogen and oxygen atoms in total. The predicted molar refractivity (Wildman–Crippen MR) is 48.8 cm³/mol. The van der Waals surface area contributed by atoms with Crippen molar-refractivity contribution >= 4 is 11.9 Å². The largest absolute Gasteiger partial charge is 0.480 e. The van der Waals surface area contributed by atoms with Gasteiger partial charge in [0, 0.05) is 13.7 Å². The molecule has 1 aliphatic heterocycles. The SMILES string of the molecule is COC(C)C(=O)N1CCC[C@H]1C(=O)O. The van der Waals surface area contributed by atoms with E-state index in [0.29, 0.717) is 13.0 Å². The van der Waals surface area contributed by atoms with Gasteiger partial charge in [-0.2, -0.15) is 0 Å². The van der Waals surface area contributed by atoms with Gasteiger partial charge in [-0.05, 0) is 19.8 Å². The lowest BCUT2D eigenvalue weighted by atomic mass is 10.2. The molecule has 1 aliphatic rings. The fourth-order valence-corrected chi connectivity index (χ4v) is 1.62. The van der Waals surface area contributed by atoms with Crippen LogP contribution in [0.3, 0.4) is 0 Å². The van der Waals surface area contributed by atoms with Crippen molar-refractivity contribution in [1.29, 1.82) is 0 Å². The summed E-state index contributed by atoms with van der Waals surface area (Å²) in [4.78, 5) is 23.8. The second-order valence-electron chi connectivity index (χ2n) is 3.41. The summed E-state index contributed by atoms with van der Waals surface area (Å²) < 4.78 is 4.87. The molecule has 1 N–H and O–H groups in total. The van der Waals surface area contributed by atoms with E-state index < -0.39 is 18.1 Å². The van der Waals surface area contributed by atoms with Gasteiger partial charge in [0.2, 0.25) is 0 Å². The molecule has 0 aromatic rings. The topological polar surface area (TPSA) is 66.8 Å². The molecule has 1 heterocycles. The van der Waals surface area contributed by atoms with Crippen molar-refractivity contribution in [1.82, 2.24) is 4.90 Å². The van der Waals surface area contributed by atoms with Crippen LogP contribution in [0.25, 0.3) is 0 Å². The van der Waals surface area contributed by atoms with Crippen molar-refractivity contribution in [3.05, 3.63) is 0 Å². The Morgan fingerprint density at radius 3 is 2.71 bits per heavy atom. The van der Waals surface area contributed by atoms with Crippen molar-refractivity contribution in [2.75, 3.05) is 13.7 Å². The van der Waals surface area contributed by atoms with Crippen LogP contribution in [0.15, 0.2) is 0 Å². The summed E-state index contributed by atoms with van der Waals surface area (Å²) in [6.45, 7) is 2.14. The van der Waals surface area contributed by atoms with Gasteiger partial charge >= 0.3 is 5.97 Å². The van der Waals surface area contributed by atoms with Crippen LogP contribution < -0.4 is 0 Å². The fourth-order valence-electron chi connectivity index (χ4n) is 1.62. The highest BCUT2D eigenvalue weighted by molar-refractivity contribution is 5.86. The van der Waals surface area contributed by atoms with E-state index in [2.05, 4.69) is 0 Å². The van der Waals surface area contributed by atoms with E-state index in [9.17, 15) is 9.59 Å². The highest BCUT2D eigenvalue weighted by Gasteiger charge is 2.35. The number of carbonyl (C=O) groups is 2. The van der Waals surface area contributed by atoms with Crippen LogP contribution in [0, 0.1) is 0 Å². The van der Waals surface area contributed by atoms with Crippen LogP contribution in [0.4, 0.5) is 0 Å². The lowest BCUT2D eigenvalue weighted by Gasteiger charge is -2.23. The molecular formula is C9H15NO4. The summed E-state index contributed by atoms with van der Waals surface area (Å²) >= 11 is 0. The molecule has 2 atom stereocenters. The molecule has 1 unspecified atom stereocenters. The summed E-state index contributed by atoms with van der Waals surface area (Å²) in [5, 5.41) is 8.85. The van der Waals surface area contributed by atoms with Crippen LogP contribution >= 0.6 is 0 Å². The quantitative estimate of drug-likeness (QED) is 0.703. The van der Waals surface area contributed by atoms with Crippen LogP contribution in [0.2, 0.25) is 0 Å². The summed E-state index contributed by atoms with van der Waals surface area (Å²) in [6, 6.07) is -0.667. The number of nitrogens with zero attached hydrogens (tertiary/aromatic N) is 1. The van der Waals surface area contributed by atoms with E-state index in [-0.39, 0.29) is 5.91 Å². The maximum Gasteiger partial charge on any atom is 0.326 e. The molecule has 1 rings (SSSR count). The van der Waals surface area contributed by atoms with E-state index >= 15 is 0 Å². The number of likely N-dealkylation sites (tertiary alicyclic amines) is 1. The standard InChI is InChI=1S/C9H15NO4/c1-6(14-2)8(11)10-5-3-4-7(10)9(12)13/h6-7H,3-5H2,1-2H3,(H,12,13)/t6?,7-/m0/s1. The highest BCUT2D eigenvalue weighted by atomic mass is 16.5. The molecule has 1 fully saturated rings. The number of carbonyl (C=O) groups excluding carboxylic acids is 1. The minimum Gasteiger partial charge on any atom is -0.480 e. The average molecular weight is 201 g/mol. The van der Waals surface area contributed by atoms with Crippen LogP contribution in [-0.2, 0) is 14.3 Å². The third kappa shape index (κ3) is 2.04. The number of hydrogen-bond donors (Lipinski definition) is 1. The summed E-state index contributed by atoms with van der Waals surface area (Å²) in [7, 11) is 1.44. The molecule has 80 valence electrons. The lowest BCUT2D eigenvalue weighted by molar-refractivity contribution is -0.152. The molecule has 0 radical (unpaired) electrons. The molecule has 0 aromatic carbocycles. The Kier molecular flexibility index (Phi) is 3.46. The highest BCUT2D eigenvalue weighted by Crippen LogP contribution is 2.18. The molecule has 1 amide bonds. The predicted octanol–water partition coefficient (Wildman–Crippen LogP) is 0.0969. The molecule has 1 saturated heterocycles. The second-order valence-corrected chi connectivity index (χ2v) is 3.41. The van der Waals surface area contributed by atoms with Crippen molar-refractivity contribution in [3.63, 3.8) is 0 Å². The van der Waals surface area contributed by atoms with Gasteiger partial charge in [0.1, 0.15) is 12.1 Å². The minimum absolute atomic E-state index is 0.239. The molecule has 0 aliphatic carbocycles. The molecule has 0 aromatic heterocycles. The number of carboxylic acids is 1. The van der Waals surface area contributed by atoms with Crippen LogP contribution in [0.5, 0.6) is 0 Å². The number of methoxy groups -OCH3 is 1. The van der Waals surface area contributed by atoms with Crippen molar-refractivity contribution < 1.29 is 19.4 Å². The zero-order valence-corrected chi connectivity index (χ0v) is 8.40. The Hall–Kier alpha value is -1.10. The summed E-state index contributed by atoms with van der Waals surface area (Å²) in [5.74, 6) is -1.17. The van der Waals surface area contributed by atoms with E-state index in [4.69, 9.17) is 9.84 Å². The second kappa shape index (κ2) is 4.41.